The van der Waals surface area contributed by atoms with E-state index < -0.39 is 12.0 Å². The molecule has 0 radical (unpaired) electrons. The van der Waals surface area contributed by atoms with Crippen molar-refractivity contribution in [1.82, 2.24) is 25.0 Å². The van der Waals surface area contributed by atoms with Crippen molar-refractivity contribution in [3.63, 3.8) is 0 Å². The molecule has 9 nitrogen and oxygen atoms in total. The SMILES string of the molecule is COC(=O)C(N)COc1cncc2nnnn12. The van der Waals surface area contributed by atoms with E-state index in [-0.39, 0.29) is 6.61 Å². The van der Waals surface area contributed by atoms with Gasteiger partial charge < -0.3 is 15.2 Å². The first kappa shape index (κ1) is 11.2. The summed E-state index contributed by atoms with van der Waals surface area (Å²) in [5, 5.41) is 10.8. The first-order valence-corrected chi connectivity index (χ1v) is 4.70. The van der Waals surface area contributed by atoms with Crippen molar-refractivity contribution in [2.75, 3.05) is 13.7 Å². The molecule has 0 aliphatic carbocycles. The van der Waals surface area contributed by atoms with Gasteiger partial charge in [0.15, 0.2) is 0 Å². The van der Waals surface area contributed by atoms with Crippen LogP contribution in [0.2, 0.25) is 0 Å². The van der Waals surface area contributed by atoms with E-state index in [1.54, 1.807) is 0 Å². The van der Waals surface area contributed by atoms with Gasteiger partial charge in [-0.25, -0.2) is 0 Å². The largest absolute Gasteiger partial charge is 0.474 e. The highest BCUT2D eigenvalue weighted by molar-refractivity contribution is 5.75. The third-order valence-electron chi connectivity index (χ3n) is 1.99. The van der Waals surface area contributed by atoms with E-state index in [1.165, 1.54) is 24.0 Å². The maximum atomic E-state index is 11.1. The molecule has 2 N–H and O–H groups in total. The number of nitrogens with two attached hydrogens (primary N) is 1. The zero-order valence-corrected chi connectivity index (χ0v) is 8.98. The molecule has 0 aliphatic heterocycles. The Morgan fingerprint density at radius 1 is 1.59 bits per heavy atom. The molecule has 1 atom stereocenters. The van der Waals surface area contributed by atoms with Gasteiger partial charge in [0, 0.05) is 0 Å². The summed E-state index contributed by atoms with van der Waals surface area (Å²) in [7, 11) is 1.26. The van der Waals surface area contributed by atoms with E-state index in [0.29, 0.717) is 11.5 Å². The van der Waals surface area contributed by atoms with Crippen LogP contribution < -0.4 is 10.5 Å². The van der Waals surface area contributed by atoms with Crippen molar-refractivity contribution in [3.05, 3.63) is 12.4 Å². The molecule has 17 heavy (non-hydrogen) atoms. The lowest BCUT2D eigenvalue weighted by Crippen LogP contribution is -2.37. The van der Waals surface area contributed by atoms with Gasteiger partial charge in [-0.3, -0.25) is 9.78 Å². The van der Waals surface area contributed by atoms with Crippen LogP contribution in [0.5, 0.6) is 5.88 Å². The Morgan fingerprint density at radius 2 is 2.41 bits per heavy atom. The average molecular weight is 238 g/mol. The molecule has 2 aromatic heterocycles. The van der Waals surface area contributed by atoms with Gasteiger partial charge in [0.2, 0.25) is 11.5 Å². The van der Waals surface area contributed by atoms with E-state index in [4.69, 9.17) is 10.5 Å². The summed E-state index contributed by atoms with van der Waals surface area (Å²) in [5.74, 6) is -0.256. The van der Waals surface area contributed by atoms with Crippen LogP contribution in [-0.4, -0.2) is 50.8 Å². The fourth-order valence-electron chi connectivity index (χ4n) is 1.15. The number of esters is 1. The molecule has 9 heteroatoms. The Morgan fingerprint density at radius 3 is 3.18 bits per heavy atom. The number of carbonyl (C=O) groups is 1. The van der Waals surface area contributed by atoms with Crippen molar-refractivity contribution < 1.29 is 14.3 Å². The average Bonchev–Trinajstić information content (AvgIpc) is 2.83. The smallest absolute Gasteiger partial charge is 0.326 e. The normalized spacial score (nSPS) is 12.4. The predicted molar refractivity (Wildman–Crippen MR) is 54.1 cm³/mol. The molecule has 0 spiro atoms. The lowest BCUT2D eigenvalue weighted by molar-refractivity contribution is -0.142. The Labute approximate surface area is 95.5 Å². The molecule has 0 aromatic carbocycles. The highest BCUT2D eigenvalue weighted by atomic mass is 16.5. The van der Waals surface area contributed by atoms with Crippen LogP contribution in [0, 0.1) is 0 Å². The minimum atomic E-state index is -0.869. The highest BCUT2D eigenvalue weighted by Crippen LogP contribution is 2.08. The molecular formula is C8H10N6O3. The zero-order chi connectivity index (χ0) is 12.3. The molecule has 0 aliphatic rings. The van der Waals surface area contributed by atoms with Gasteiger partial charge >= 0.3 is 5.97 Å². The summed E-state index contributed by atoms with van der Waals surface area (Å²) in [6.07, 6.45) is 2.90. The third-order valence-corrected chi connectivity index (χ3v) is 1.99. The van der Waals surface area contributed by atoms with Crippen LogP contribution in [-0.2, 0) is 9.53 Å². The van der Waals surface area contributed by atoms with E-state index in [0.717, 1.165) is 0 Å². The van der Waals surface area contributed by atoms with Gasteiger partial charge in [-0.1, -0.05) is 0 Å². The fourth-order valence-corrected chi connectivity index (χ4v) is 1.15. The van der Waals surface area contributed by atoms with Crippen LogP contribution >= 0.6 is 0 Å². The Bertz CT molecular complexity index is 527. The van der Waals surface area contributed by atoms with Crippen LogP contribution in [0.3, 0.4) is 0 Å². The summed E-state index contributed by atoms with van der Waals surface area (Å²) in [6.45, 7) is -0.0483. The number of tetrazole rings is 1. The summed E-state index contributed by atoms with van der Waals surface area (Å²) < 4.78 is 11.1. The Kier molecular flexibility index (Phi) is 3.10. The van der Waals surface area contributed by atoms with E-state index >= 15 is 0 Å². The van der Waals surface area contributed by atoms with Crippen LogP contribution in [0.15, 0.2) is 12.4 Å². The van der Waals surface area contributed by atoms with Gasteiger partial charge in [-0.15, -0.1) is 5.10 Å². The molecule has 0 saturated heterocycles. The second kappa shape index (κ2) is 4.70. The molecule has 0 bridgehead atoms. The predicted octanol–water partition coefficient (Wildman–Crippen LogP) is -1.60. The number of hydrogen-bond donors (Lipinski definition) is 1. The van der Waals surface area contributed by atoms with Crippen molar-refractivity contribution in [3.8, 4) is 5.88 Å². The number of hydrogen-bond acceptors (Lipinski definition) is 8. The minimum absolute atomic E-state index is 0.0483. The third kappa shape index (κ3) is 2.28. The number of ether oxygens (including phenoxy) is 2. The van der Waals surface area contributed by atoms with Crippen LogP contribution in [0.1, 0.15) is 0 Å². The lowest BCUT2D eigenvalue weighted by Gasteiger charge is -2.10. The van der Waals surface area contributed by atoms with Crippen molar-refractivity contribution in [2.45, 2.75) is 6.04 Å². The zero-order valence-electron chi connectivity index (χ0n) is 8.98. The van der Waals surface area contributed by atoms with E-state index in [2.05, 4.69) is 25.2 Å². The highest BCUT2D eigenvalue weighted by Gasteiger charge is 2.15. The molecule has 2 rings (SSSR count). The summed E-state index contributed by atoms with van der Waals surface area (Å²) in [4.78, 5) is 14.9. The molecule has 0 fully saturated rings. The van der Waals surface area contributed by atoms with Crippen molar-refractivity contribution in [2.24, 2.45) is 5.73 Å². The molecule has 90 valence electrons. The number of methoxy groups -OCH3 is 1. The summed E-state index contributed by atoms with van der Waals surface area (Å²) in [6, 6.07) is -0.869. The molecule has 2 aromatic rings. The topological polar surface area (TPSA) is 118 Å². The van der Waals surface area contributed by atoms with Gasteiger partial charge in [-0.05, 0) is 10.4 Å². The Balaban J connectivity index is 2.09. The summed E-state index contributed by atoms with van der Waals surface area (Å²) >= 11 is 0. The van der Waals surface area contributed by atoms with Gasteiger partial charge in [0.25, 0.3) is 0 Å². The van der Waals surface area contributed by atoms with E-state index in [9.17, 15) is 4.79 Å². The molecule has 2 heterocycles. The van der Waals surface area contributed by atoms with Crippen LogP contribution in [0.4, 0.5) is 0 Å². The monoisotopic (exact) mass is 238 g/mol. The van der Waals surface area contributed by atoms with E-state index in [1.807, 2.05) is 0 Å². The maximum Gasteiger partial charge on any atom is 0.326 e. The molecular weight excluding hydrogens is 228 g/mol. The first-order valence-electron chi connectivity index (χ1n) is 4.70. The number of aromatic nitrogens is 5. The fraction of sp³-hybridized carbons (Fsp3) is 0.375. The van der Waals surface area contributed by atoms with Gasteiger partial charge in [0.1, 0.15) is 12.6 Å². The second-order valence-electron chi connectivity index (χ2n) is 3.14. The lowest BCUT2D eigenvalue weighted by atomic mass is 10.3. The molecule has 0 saturated carbocycles. The van der Waals surface area contributed by atoms with Gasteiger partial charge in [0.05, 0.1) is 19.5 Å². The number of fused-ring (bicyclic) bond motifs is 1. The maximum absolute atomic E-state index is 11.1. The standard InChI is InChI=1S/C8H10N6O3/c1-16-8(15)5(9)4-17-7-3-10-2-6-11-12-13-14(6)7/h2-3,5H,4,9H2,1H3. The number of carbonyl (C=O) groups excluding carboxylic acids is 1. The Hall–Kier alpha value is -2.29. The van der Waals surface area contributed by atoms with Crippen molar-refractivity contribution >= 4 is 11.6 Å². The van der Waals surface area contributed by atoms with Gasteiger partial charge in [-0.2, -0.15) is 4.52 Å². The molecule has 0 amide bonds. The quantitative estimate of drug-likeness (QED) is 0.632. The minimum Gasteiger partial charge on any atom is -0.474 e. The van der Waals surface area contributed by atoms with Crippen LogP contribution in [0.25, 0.3) is 5.65 Å². The first-order chi connectivity index (χ1) is 8.22. The summed E-state index contributed by atoms with van der Waals surface area (Å²) in [5.41, 5.74) is 5.95. The number of nitrogens with zero attached hydrogens (tertiary/aromatic N) is 5. The number of rotatable bonds is 4. The molecule has 1 unspecified atom stereocenters. The van der Waals surface area contributed by atoms with Crippen molar-refractivity contribution in [1.29, 1.82) is 0 Å². The second-order valence-corrected chi connectivity index (χ2v) is 3.14.